The van der Waals surface area contributed by atoms with Crippen molar-refractivity contribution in [1.82, 2.24) is 4.98 Å². The van der Waals surface area contributed by atoms with Crippen LogP contribution in [0.4, 0.5) is 0 Å². The van der Waals surface area contributed by atoms with Gasteiger partial charge in [-0.15, -0.1) is 0 Å². The number of nitrogens with zero attached hydrogens (tertiary/aromatic N) is 1. The molecule has 17 heavy (non-hydrogen) atoms. The van der Waals surface area contributed by atoms with E-state index in [9.17, 15) is 15.0 Å². The summed E-state index contributed by atoms with van der Waals surface area (Å²) >= 11 is 0. The Morgan fingerprint density at radius 1 is 1.59 bits per heavy atom. The van der Waals surface area contributed by atoms with Gasteiger partial charge < -0.3 is 20.7 Å². The molecule has 0 radical (unpaired) electrons. The number of pyridine rings is 1. The maximum Gasteiger partial charge on any atom is 0.337 e. The van der Waals surface area contributed by atoms with Crippen LogP contribution in [0.15, 0.2) is 18.3 Å². The van der Waals surface area contributed by atoms with Crippen molar-refractivity contribution < 1.29 is 19.7 Å². The molecular formula is C11H16N2O4. The topological polar surface area (TPSA) is 106 Å². The van der Waals surface area contributed by atoms with E-state index in [-0.39, 0.29) is 24.2 Å². The molecule has 94 valence electrons. The van der Waals surface area contributed by atoms with Crippen molar-refractivity contribution in [1.29, 1.82) is 0 Å². The summed E-state index contributed by atoms with van der Waals surface area (Å²) in [6, 6.07) is 2.85. The van der Waals surface area contributed by atoms with Gasteiger partial charge in [0, 0.05) is 6.20 Å². The number of carbonyl (C=O) groups excluding carboxylic acids is 1. The molecular weight excluding hydrogens is 224 g/mol. The normalized spacial score (nSPS) is 14.1. The number of esters is 1. The second-order valence-corrected chi connectivity index (χ2v) is 3.55. The second kappa shape index (κ2) is 6.29. The number of rotatable bonds is 5. The number of aromatic nitrogens is 1. The summed E-state index contributed by atoms with van der Waals surface area (Å²) in [7, 11) is 1.27. The molecule has 1 aromatic heterocycles. The Balaban J connectivity index is 2.87. The first-order valence-electron chi connectivity index (χ1n) is 5.20. The maximum absolute atomic E-state index is 11.3. The first-order valence-corrected chi connectivity index (χ1v) is 5.20. The van der Waals surface area contributed by atoms with Crippen molar-refractivity contribution in [2.45, 2.75) is 18.6 Å². The molecule has 0 aromatic carbocycles. The monoisotopic (exact) mass is 240 g/mol. The minimum absolute atomic E-state index is 0.217. The van der Waals surface area contributed by atoms with Crippen LogP contribution in [0.3, 0.4) is 0 Å². The van der Waals surface area contributed by atoms with Crippen LogP contribution in [0.25, 0.3) is 0 Å². The summed E-state index contributed by atoms with van der Waals surface area (Å²) in [6.07, 6.45) is -0.533. The van der Waals surface area contributed by atoms with Gasteiger partial charge in [0.05, 0.1) is 24.5 Å². The SMILES string of the molecule is COC(=O)c1ccnc(C(O)C(O)CCN)c1. The molecule has 6 nitrogen and oxygen atoms in total. The van der Waals surface area contributed by atoms with Crippen molar-refractivity contribution in [2.24, 2.45) is 5.73 Å². The molecule has 0 bridgehead atoms. The van der Waals surface area contributed by atoms with Crippen LogP contribution < -0.4 is 5.73 Å². The Bertz CT molecular complexity index is 383. The fraction of sp³-hybridized carbons (Fsp3) is 0.455. The molecule has 4 N–H and O–H groups in total. The first kappa shape index (κ1) is 13.6. The minimum Gasteiger partial charge on any atom is -0.465 e. The molecule has 1 aromatic rings. The molecule has 0 aliphatic heterocycles. The standard InChI is InChI=1S/C11H16N2O4/c1-17-11(16)7-3-5-13-8(6-7)10(15)9(14)2-4-12/h3,5-6,9-10,14-15H,2,4,12H2,1H3. The fourth-order valence-corrected chi connectivity index (χ4v) is 1.38. The lowest BCUT2D eigenvalue weighted by Gasteiger charge is -2.16. The molecule has 2 atom stereocenters. The Morgan fingerprint density at radius 2 is 2.29 bits per heavy atom. The van der Waals surface area contributed by atoms with Gasteiger partial charge in [-0.2, -0.15) is 0 Å². The number of carbonyl (C=O) groups is 1. The third kappa shape index (κ3) is 3.48. The van der Waals surface area contributed by atoms with E-state index >= 15 is 0 Å². The van der Waals surface area contributed by atoms with Gasteiger partial charge in [0.2, 0.25) is 0 Å². The fourth-order valence-electron chi connectivity index (χ4n) is 1.38. The van der Waals surface area contributed by atoms with Crippen LogP contribution in [0, 0.1) is 0 Å². The van der Waals surface area contributed by atoms with Gasteiger partial charge in [0.15, 0.2) is 0 Å². The van der Waals surface area contributed by atoms with E-state index in [4.69, 9.17) is 5.73 Å². The summed E-state index contributed by atoms with van der Waals surface area (Å²) in [5.41, 5.74) is 5.77. The highest BCUT2D eigenvalue weighted by Crippen LogP contribution is 2.17. The molecule has 6 heteroatoms. The average molecular weight is 240 g/mol. The summed E-state index contributed by atoms with van der Waals surface area (Å²) < 4.78 is 4.55. The summed E-state index contributed by atoms with van der Waals surface area (Å²) in [5.74, 6) is -0.519. The number of aliphatic hydroxyl groups is 2. The number of methoxy groups -OCH3 is 1. The molecule has 1 rings (SSSR count). The van der Waals surface area contributed by atoms with Gasteiger partial charge in [0.25, 0.3) is 0 Å². The molecule has 0 saturated heterocycles. The lowest BCUT2D eigenvalue weighted by Crippen LogP contribution is -2.22. The zero-order valence-electron chi connectivity index (χ0n) is 9.54. The van der Waals surface area contributed by atoms with E-state index in [1.807, 2.05) is 0 Å². The third-order valence-corrected chi connectivity index (χ3v) is 2.33. The highest BCUT2D eigenvalue weighted by molar-refractivity contribution is 5.89. The zero-order chi connectivity index (χ0) is 12.8. The first-order chi connectivity index (χ1) is 8.10. The summed E-state index contributed by atoms with van der Waals surface area (Å²) in [6.45, 7) is 0.259. The summed E-state index contributed by atoms with van der Waals surface area (Å²) in [4.78, 5) is 15.2. The van der Waals surface area contributed by atoms with Crippen molar-refractivity contribution in [3.05, 3.63) is 29.6 Å². The van der Waals surface area contributed by atoms with Crippen molar-refractivity contribution in [3.63, 3.8) is 0 Å². The van der Waals surface area contributed by atoms with Crippen molar-refractivity contribution in [2.75, 3.05) is 13.7 Å². The van der Waals surface area contributed by atoms with Gasteiger partial charge in [-0.3, -0.25) is 4.98 Å². The van der Waals surface area contributed by atoms with E-state index in [0.29, 0.717) is 0 Å². The van der Waals surface area contributed by atoms with E-state index in [1.54, 1.807) is 0 Å². The molecule has 1 heterocycles. The second-order valence-electron chi connectivity index (χ2n) is 3.55. The molecule has 0 spiro atoms. The minimum atomic E-state index is -1.16. The lowest BCUT2D eigenvalue weighted by molar-refractivity contribution is 0.0124. The highest BCUT2D eigenvalue weighted by Gasteiger charge is 2.20. The van der Waals surface area contributed by atoms with Crippen molar-refractivity contribution >= 4 is 5.97 Å². The lowest BCUT2D eigenvalue weighted by atomic mass is 10.1. The van der Waals surface area contributed by atoms with E-state index in [0.717, 1.165) is 0 Å². The number of aliphatic hydroxyl groups excluding tert-OH is 2. The summed E-state index contributed by atoms with van der Waals surface area (Å²) in [5, 5.41) is 19.4. The third-order valence-electron chi connectivity index (χ3n) is 2.33. The average Bonchev–Trinajstić information content (AvgIpc) is 2.37. The predicted molar refractivity (Wildman–Crippen MR) is 60.2 cm³/mol. The Kier molecular flexibility index (Phi) is 5.02. The van der Waals surface area contributed by atoms with Gasteiger partial charge in [-0.1, -0.05) is 0 Å². The molecule has 0 saturated carbocycles. The van der Waals surface area contributed by atoms with E-state index < -0.39 is 18.2 Å². The predicted octanol–water partition coefficient (Wildman–Crippen LogP) is -0.389. The Hall–Kier alpha value is -1.50. The van der Waals surface area contributed by atoms with Gasteiger partial charge in [0.1, 0.15) is 6.10 Å². The van der Waals surface area contributed by atoms with Gasteiger partial charge in [-0.05, 0) is 25.1 Å². The Labute approximate surface area is 99.0 Å². The molecule has 0 amide bonds. The van der Waals surface area contributed by atoms with Crippen LogP contribution in [0.5, 0.6) is 0 Å². The molecule has 0 aliphatic rings. The van der Waals surface area contributed by atoms with Crippen LogP contribution in [0.1, 0.15) is 28.6 Å². The van der Waals surface area contributed by atoms with Crippen LogP contribution in [-0.4, -0.2) is 40.9 Å². The van der Waals surface area contributed by atoms with Crippen LogP contribution in [-0.2, 0) is 4.74 Å². The largest absolute Gasteiger partial charge is 0.465 e. The van der Waals surface area contributed by atoms with E-state index in [2.05, 4.69) is 9.72 Å². The zero-order valence-corrected chi connectivity index (χ0v) is 9.54. The molecule has 0 fully saturated rings. The van der Waals surface area contributed by atoms with Crippen LogP contribution in [0.2, 0.25) is 0 Å². The number of hydrogen-bond donors (Lipinski definition) is 3. The van der Waals surface area contributed by atoms with Crippen molar-refractivity contribution in [3.8, 4) is 0 Å². The highest BCUT2D eigenvalue weighted by atomic mass is 16.5. The maximum atomic E-state index is 11.3. The molecule has 2 unspecified atom stereocenters. The van der Waals surface area contributed by atoms with Crippen LogP contribution >= 0.6 is 0 Å². The number of nitrogens with two attached hydrogens (primary N) is 1. The Morgan fingerprint density at radius 3 is 2.88 bits per heavy atom. The van der Waals surface area contributed by atoms with Gasteiger partial charge >= 0.3 is 5.97 Å². The number of ether oxygens (including phenoxy) is 1. The van der Waals surface area contributed by atoms with E-state index in [1.165, 1.54) is 25.4 Å². The smallest absolute Gasteiger partial charge is 0.337 e. The molecule has 0 aliphatic carbocycles. The number of hydrogen-bond acceptors (Lipinski definition) is 6. The quantitative estimate of drug-likeness (QED) is 0.605. The van der Waals surface area contributed by atoms with Gasteiger partial charge in [-0.25, -0.2) is 4.79 Å².